The first-order valence-electron chi connectivity index (χ1n) is 10.4. The zero-order valence-electron chi connectivity index (χ0n) is 18.2. The number of nitrogens with one attached hydrogen (secondary N) is 1. The molecular formula is C23H25FN4O4S. The van der Waals surface area contributed by atoms with Gasteiger partial charge in [0.15, 0.2) is 0 Å². The number of carbonyl (C=O) groups is 2. The number of aliphatic hydroxyl groups excluding tert-OH is 1. The molecule has 174 valence electrons. The van der Waals surface area contributed by atoms with Crippen molar-refractivity contribution in [3.05, 3.63) is 65.1 Å². The minimum atomic E-state index is -1.18. The van der Waals surface area contributed by atoms with Crippen LogP contribution in [0.15, 0.2) is 42.5 Å². The number of benzene rings is 1. The number of aromatic nitrogens is 1. The predicted octanol–water partition coefficient (Wildman–Crippen LogP) is 1.89. The number of likely N-dealkylation sites (tertiary alicyclic amines) is 1. The number of nitrogens with two attached hydrogens (primary N) is 1. The van der Waals surface area contributed by atoms with E-state index in [2.05, 4.69) is 10.3 Å². The molecule has 5 N–H and O–H groups in total. The molecule has 0 spiro atoms. The van der Waals surface area contributed by atoms with Gasteiger partial charge in [0.1, 0.15) is 17.3 Å². The minimum absolute atomic E-state index is 0.215. The average molecular weight is 473 g/mol. The molecule has 2 aromatic rings. The third-order valence-electron chi connectivity index (χ3n) is 5.59. The highest BCUT2D eigenvalue weighted by molar-refractivity contribution is 8.09. The fourth-order valence-electron chi connectivity index (χ4n) is 3.66. The van der Waals surface area contributed by atoms with E-state index < -0.39 is 34.7 Å². The SMILES string of the molecule is CC(C)(O)c1ccc(C2=CC(C(N)=O)C(Nc3cccc(C(=O)N4CC(O)C4)n3)S2)c(F)c1. The number of pyridine rings is 1. The highest BCUT2D eigenvalue weighted by Gasteiger charge is 2.35. The Kier molecular flexibility index (Phi) is 6.17. The van der Waals surface area contributed by atoms with Crippen molar-refractivity contribution in [2.45, 2.75) is 30.9 Å². The Balaban J connectivity index is 1.53. The van der Waals surface area contributed by atoms with Crippen molar-refractivity contribution in [3.8, 4) is 0 Å². The molecule has 3 heterocycles. The molecule has 1 aromatic heterocycles. The number of halogens is 1. The van der Waals surface area contributed by atoms with E-state index in [0.29, 0.717) is 21.8 Å². The number of amides is 2. The molecule has 0 saturated carbocycles. The van der Waals surface area contributed by atoms with Crippen LogP contribution < -0.4 is 11.1 Å². The molecule has 0 bridgehead atoms. The zero-order chi connectivity index (χ0) is 23.9. The van der Waals surface area contributed by atoms with Crippen molar-refractivity contribution in [2.24, 2.45) is 11.7 Å². The van der Waals surface area contributed by atoms with E-state index in [1.807, 2.05) is 0 Å². The molecule has 2 unspecified atom stereocenters. The molecule has 2 aliphatic heterocycles. The number of nitrogens with zero attached hydrogens (tertiary/aromatic N) is 2. The molecular weight excluding hydrogens is 447 g/mol. The first-order valence-corrected chi connectivity index (χ1v) is 11.3. The molecule has 1 fully saturated rings. The maximum absolute atomic E-state index is 14.8. The van der Waals surface area contributed by atoms with Gasteiger partial charge >= 0.3 is 0 Å². The number of rotatable bonds is 6. The van der Waals surface area contributed by atoms with E-state index in [0.717, 1.165) is 0 Å². The van der Waals surface area contributed by atoms with Crippen LogP contribution >= 0.6 is 11.8 Å². The first-order chi connectivity index (χ1) is 15.5. The Morgan fingerprint density at radius 2 is 2.00 bits per heavy atom. The third-order valence-corrected chi connectivity index (χ3v) is 6.86. The quantitative estimate of drug-likeness (QED) is 0.505. The van der Waals surface area contributed by atoms with Crippen molar-refractivity contribution < 1.29 is 24.2 Å². The van der Waals surface area contributed by atoms with E-state index in [1.165, 1.54) is 22.7 Å². The summed E-state index contributed by atoms with van der Waals surface area (Å²) in [5, 5.41) is 22.1. The van der Waals surface area contributed by atoms with Gasteiger partial charge < -0.3 is 26.2 Å². The fourth-order valence-corrected chi connectivity index (χ4v) is 4.99. The number of thioether (sulfide) groups is 1. The molecule has 0 radical (unpaired) electrons. The van der Waals surface area contributed by atoms with Gasteiger partial charge in [-0.2, -0.15) is 0 Å². The van der Waals surface area contributed by atoms with Crippen LogP contribution in [0.4, 0.5) is 10.2 Å². The number of β-amino-alcohol motifs (C(OH)–C–C–N with tert-alkyl or cyclic N) is 1. The molecule has 8 nitrogen and oxygen atoms in total. The molecule has 2 atom stereocenters. The van der Waals surface area contributed by atoms with Crippen LogP contribution in [-0.2, 0) is 10.4 Å². The van der Waals surface area contributed by atoms with E-state index in [9.17, 15) is 24.2 Å². The van der Waals surface area contributed by atoms with E-state index >= 15 is 0 Å². The number of carbonyl (C=O) groups excluding carboxylic acids is 2. The number of primary amides is 1. The summed E-state index contributed by atoms with van der Waals surface area (Å²) in [6.45, 7) is 3.69. The smallest absolute Gasteiger partial charge is 0.272 e. The zero-order valence-corrected chi connectivity index (χ0v) is 19.0. The van der Waals surface area contributed by atoms with Gasteiger partial charge in [0.05, 0.1) is 23.0 Å². The Morgan fingerprint density at radius 3 is 2.61 bits per heavy atom. The van der Waals surface area contributed by atoms with Gasteiger partial charge in [0.2, 0.25) is 5.91 Å². The normalized spacial score (nSPS) is 20.9. The summed E-state index contributed by atoms with van der Waals surface area (Å²) in [6, 6.07) is 9.40. The summed E-state index contributed by atoms with van der Waals surface area (Å²) in [4.78, 5) is 30.9. The summed E-state index contributed by atoms with van der Waals surface area (Å²) >= 11 is 1.24. The van der Waals surface area contributed by atoms with Crippen LogP contribution in [0.25, 0.3) is 4.91 Å². The molecule has 33 heavy (non-hydrogen) atoms. The van der Waals surface area contributed by atoms with Crippen LogP contribution in [-0.4, -0.2) is 56.5 Å². The van der Waals surface area contributed by atoms with Crippen LogP contribution in [0.2, 0.25) is 0 Å². The lowest BCUT2D eigenvalue weighted by Crippen LogP contribution is -2.53. The van der Waals surface area contributed by atoms with Crippen LogP contribution in [0.5, 0.6) is 0 Å². The van der Waals surface area contributed by atoms with E-state index in [1.54, 1.807) is 50.3 Å². The van der Waals surface area contributed by atoms with Gasteiger partial charge in [-0.05, 0) is 37.6 Å². The second-order valence-corrected chi connectivity index (χ2v) is 9.85. The Morgan fingerprint density at radius 1 is 1.27 bits per heavy atom. The Labute approximate surface area is 194 Å². The number of anilines is 1. The van der Waals surface area contributed by atoms with Crippen LogP contribution in [0.3, 0.4) is 0 Å². The fraction of sp³-hybridized carbons (Fsp3) is 0.348. The topological polar surface area (TPSA) is 129 Å². The van der Waals surface area contributed by atoms with Crippen molar-refractivity contribution >= 4 is 34.3 Å². The molecule has 1 saturated heterocycles. The number of hydrogen-bond donors (Lipinski definition) is 4. The molecule has 2 amide bonds. The molecule has 0 aliphatic carbocycles. The third kappa shape index (κ3) is 4.87. The number of aliphatic hydroxyl groups is 2. The summed E-state index contributed by atoms with van der Waals surface area (Å²) in [6.07, 6.45) is 1.10. The second kappa shape index (κ2) is 8.77. The molecule has 10 heteroatoms. The van der Waals surface area contributed by atoms with Gasteiger partial charge in [-0.3, -0.25) is 9.59 Å². The van der Waals surface area contributed by atoms with Gasteiger partial charge in [0.25, 0.3) is 5.91 Å². The lowest BCUT2D eigenvalue weighted by molar-refractivity contribution is -0.120. The van der Waals surface area contributed by atoms with Crippen molar-refractivity contribution in [1.29, 1.82) is 0 Å². The van der Waals surface area contributed by atoms with Crippen molar-refractivity contribution in [1.82, 2.24) is 9.88 Å². The van der Waals surface area contributed by atoms with Crippen molar-refractivity contribution in [2.75, 3.05) is 18.4 Å². The van der Waals surface area contributed by atoms with Crippen LogP contribution in [0, 0.1) is 11.7 Å². The predicted molar refractivity (Wildman–Crippen MR) is 123 cm³/mol. The van der Waals surface area contributed by atoms with E-state index in [-0.39, 0.29) is 24.7 Å². The van der Waals surface area contributed by atoms with Gasteiger partial charge in [-0.1, -0.05) is 36.0 Å². The number of hydrogen-bond acceptors (Lipinski definition) is 7. The summed E-state index contributed by atoms with van der Waals surface area (Å²) in [5.74, 6) is -1.74. The van der Waals surface area contributed by atoms with Crippen LogP contribution in [0.1, 0.15) is 35.5 Å². The highest BCUT2D eigenvalue weighted by Crippen LogP contribution is 2.43. The lowest BCUT2D eigenvalue weighted by Gasteiger charge is -2.35. The van der Waals surface area contributed by atoms with Crippen molar-refractivity contribution in [3.63, 3.8) is 0 Å². The average Bonchev–Trinajstić information content (AvgIpc) is 3.14. The van der Waals surface area contributed by atoms with E-state index in [4.69, 9.17) is 5.73 Å². The summed E-state index contributed by atoms with van der Waals surface area (Å²) in [7, 11) is 0. The van der Waals surface area contributed by atoms with Gasteiger partial charge in [0, 0.05) is 23.6 Å². The Bertz CT molecular complexity index is 1130. The first kappa shape index (κ1) is 23.2. The molecule has 4 rings (SSSR count). The maximum atomic E-state index is 14.8. The monoisotopic (exact) mass is 472 g/mol. The summed E-state index contributed by atoms with van der Waals surface area (Å²) in [5.41, 5.74) is 5.36. The minimum Gasteiger partial charge on any atom is -0.389 e. The Hall–Kier alpha value is -2.95. The van der Waals surface area contributed by atoms with Gasteiger partial charge in [-0.15, -0.1) is 0 Å². The largest absolute Gasteiger partial charge is 0.389 e. The summed E-state index contributed by atoms with van der Waals surface area (Å²) < 4.78 is 14.8. The molecule has 1 aromatic carbocycles. The lowest BCUT2D eigenvalue weighted by atomic mass is 9.96. The second-order valence-electron chi connectivity index (χ2n) is 8.67. The maximum Gasteiger partial charge on any atom is 0.272 e. The standard InChI is InChI=1S/C23H25FN4O4S/c1-23(2,32)12-6-7-14(16(24)8-12)18-9-15(20(25)30)21(33-18)27-19-5-3-4-17(26-19)22(31)28-10-13(29)11-28/h3-9,13,15,21,29,32H,10-11H2,1-2H3,(H2,25,30)(H,26,27). The van der Waals surface area contributed by atoms with Gasteiger partial charge in [-0.25, -0.2) is 9.37 Å². The molecule has 2 aliphatic rings. The highest BCUT2D eigenvalue weighted by atomic mass is 32.2.